The molecule has 5 heteroatoms. The van der Waals surface area contributed by atoms with Crippen LogP contribution in [0.25, 0.3) is 5.57 Å². The molecule has 0 spiro atoms. The van der Waals surface area contributed by atoms with Crippen molar-refractivity contribution >= 4 is 17.3 Å². The molecule has 2 saturated carbocycles. The Kier molecular flexibility index (Phi) is 7.63. The van der Waals surface area contributed by atoms with Crippen LogP contribution in [0.2, 0.25) is 0 Å². The van der Waals surface area contributed by atoms with Gasteiger partial charge >= 0.3 is 5.97 Å². The summed E-state index contributed by atoms with van der Waals surface area (Å²) in [5, 5.41) is 13.9. The lowest BCUT2D eigenvalue weighted by molar-refractivity contribution is -0.137. The van der Waals surface area contributed by atoms with Gasteiger partial charge in [0.05, 0.1) is 5.69 Å². The van der Waals surface area contributed by atoms with E-state index in [4.69, 9.17) is 4.52 Å². The molecule has 188 valence electrons. The molecule has 4 rings (SSSR count). The highest BCUT2D eigenvalue weighted by Gasteiger charge is 2.41. The minimum Gasteiger partial charge on any atom is -0.481 e. The lowest BCUT2D eigenvalue weighted by Gasteiger charge is -2.35. The van der Waals surface area contributed by atoms with Gasteiger partial charge in [0.25, 0.3) is 0 Å². The molecule has 0 aliphatic heterocycles. The van der Waals surface area contributed by atoms with Gasteiger partial charge in [-0.15, -0.1) is 0 Å². The number of rotatable bonds is 12. The number of aromatic nitrogens is 1. The van der Waals surface area contributed by atoms with Crippen LogP contribution in [0.1, 0.15) is 117 Å². The number of carboxylic acid groups (broad SMARTS) is 1. The fourth-order valence-electron chi connectivity index (χ4n) is 5.79. The van der Waals surface area contributed by atoms with Crippen molar-refractivity contribution in [2.24, 2.45) is 11.8 Å². The van der Waals surface area contributed by atoms with Crippen LogP contribution in [0, 0.1) is 25.7 Å². The molecule has 1 unspecified atom stereocenters. The predicted molar refractivity (Wildman–Crippen MR) is 138 cm³/mol. The second-order valence-corrected chi connectivity index (χ2v) is 11.3. The number of carboxylic acids is 1. The molecule has 1 heterocycles. The van der Waals surface area contributed by atoms with Crippen LogP contribution < -0.4 is 0 Å². The summed E-state index contributed by atoms with van der Waals surface area (Å²) in [5.41, 5.74) is 5.49. The lowest BCUT2D eigenvalue weighted by Crippen LogP contribution is -2.23. The Balaban J connectivity index is 1.56. The minimum absolute atomic E-state index is 0.000172. The Hall–Kier alpha value is -2.69. The van der Waals surface area contributed by atoms with E-state index >= 15 is 0 Å². The summed E-state index contributed by atoms with van der Waals surface area (Å²) in [6, 6.07) is 5.99. The Morgan fingerprint density at radius 2 is 1.89 bits per heavy atom. The summed E-state index contributed by atoms with van der Waals surface area (Å²) in [7, 11) is 0. The van der Waals surface area contributed by atoms with E-state index in [0.29, 0.717) is 29.7 Å². The number of ketones is 1. The van der Waals surface area contributed by atoms with Crippen molar-refractivity contribution in [3.8, 4) is 0 Å². The predicted octanol–water partition coefficient (Wildman–Crippen LogP) is 7.33. The number of aryl methyl sites for hydroxylation is 2. The van der Waals surface area contributed by atoms with E-state index in [-0.39, 0.29) is 24.5 Å². The van der Waals surface area contributed by atoms with Crippen LogP contribution in [0.5, 0.6) is 0 Å². The molecule has 2 aliphatic carbocycles. The largest absolute Gasteiger partial charge is 0.481 e. The molecule has 1 N–H and O–H groups in total. The third-order valence-electron chi connectivity index (χ3n) is 7.75. The Bertz CT molecular complexity index is 1100. The van der Waals surface area contributed by atoms with Gasteiger partial charge in [-0.25, -0.2) is 0 Å². The maximum Gasteiger partial charge on any atom is 0.303 e. The van der Waals surface area contributed by atoms with Gasteiger partial charge in [0.1, 0.15) is 5.76 Å². The van der Waals surface area contributed by atoms with Crippen LogP contribution in [0.15, 0.2) is 29.3 Å². The normalized spacial score (nSPS) is 20.5. The van der Waals surface area contributed by atoms with Crippen LogP contribution in [0.4, 0.5) is 0 Å². The van der Waals surface area contributed by atoms with Crippen molar-refractivity contribution in [2.45, 2.75) is 96.8 Å². The average molecular weight is 478 g/mol. The average Bonchev–Trinajstić information content (AvgIpc) is 3.51. The Morgan fingerprint density at radius 3 is 2.49 bits per heavy atom. The van der Waals surface area contributed by atoms with Crippen LogP contribution in [-0.2, 0) is 9.59 Å². The smallest absolute Gasteiger partial charge is 0.303 e. The van der Waals surface area contributed by atoms with Crippen LogP contribution >= 0.6 is 0 Å². The van der Waals surface area contributed by atoms with Crippen molar-refractivity contribution < 1.29 is 19.2 Å². The SMILES string of the molecule is C=C(C(=O)CC(CCC(=O)O)c1noc(C2CC(CC(C)C)C2)c1C1CC1)c1ccc(C)cc1C. The molecule has 2 aliphatic rings. The number of Topliss-reactive ketones (excluding diaryl/α,β-unsaturated/α-hetero) is 1. The number of benzene rings is 1. The number of aliphatic carboxylic acids is 1. The lowest BCUT2D eigenvalue weighted by atomic mass is 9.69. The molecule has 35 heavy (non-hydrogen) atoms. The molecule has 0 saturated heterocycles. The van der Waals surface area contributed by atoms with Gasteiger partial charge in [0.15, 0.2) is 5.78 Å². The van der Waals surface area contributed by atoms with Gasteiger partial charge in [-0.1, -0.05) is 49.3 Å². The third kappa shape index (κ3) is 5.94. The molecule has 2 fully saturated rings. The van der Waals surface area contributed by atoms with Gasteiger partial charge in [-0.3, -0.25) is 9.59 Å². The number of hydrogen-bond donors (Lipinski definition) is 1. The van der Waals surface area contributed by atoms with Gasteiger partial charge < -0.3 is 9.63 Å². The monoisotopic (exact) mass is 477 g/mol. The first kappa shape index (κ1) is 25.4. The van der Waals surface area contributed by atoms with E-state index < -0.39 is 5.97 Å². The zero-order valence-corrected chi connectivity index (χ0v) is 21.6. The summed E-state index contributed by atoms with van der Waals surface area (Å²) in [6.45, 7) is 12.7. The van der Waals surface area contributed by atoms with Crippen molar-refractivity contribution in [1.29, 1.82) is 0 Å². The van der Waals surface area contributed by atoms with E-state index in [1.54, 1.807) is 0 Å². The summed E-state index contributed by atoms with van der Waals surface area (Å²) in [5.74, 6) is 2.08. The van der Waals surface area contributed by atoms with E-state index in [1.165, 1.54) is 12.0 Å². The summed E-state index contributed by atoms with van der Waals surface area (Å²) < 4.78 is 5.97. The van der Waals surface area contributed by atoms with Crippen LogP contribution in [0.3, 0.4) is 0 Å². The fraction of sp³-hybridized carbons (Fsp3) is 0.567. The van der Waals surface area contributed by atoms with E-state index in [0.717, 1.165) is 59.7 Å². The minimum atomic E-state index is -0.858. The number of allylic oxidation sites excluding steroid dienone is 1. The van der Waals surface area contributed by atoms with Gasteiger partial charge in [-0.05, 0) is 81.3 Å². The van der Waals surface area contributed by atoms with Gasteiger partial charge in [-0.2, -0.15) is 0 Å². The third-order valence-corrected chi connectivity index (χ3v) is 7.75. The molecule has 2 aromatic rings. The molecule has 1 atom stereocenters. The molecular weight excluding hydrogens is 438 g/mol. The molecule has 5 nitrogen and oxygen atoms in total. The first-order valence-corrected chi connectivity index (χ1v) is 13.1. The van der Waals surface area contributed by atoms with E-state index in [2.05, 4.69) is 31.6 Å². The van der Waals surface area contributed by atoms with Crippen molar-refractivity contribution in [2.75, 3.05) is 0 Å². The molecular formula is C30H39NO4. The second kappa shape index (κ2) is 10.5. The number of carbonyl (C=O) groups excluding carboxylic acids is 1. The summed E-state index contributed by atoms with van der Waals surface area (Å²) in [6.07, 6.45) is 6.30. The van der Waals surface area contributed by atoms with E-state index in [1.807, 2.05) is 26.0 Å². The van der Waals surface area contributed by atoms with E-state index in [9.17, 15) is 14.7 Å². The summed E-state index contributed by atoms with van der Waals surface area (Å²) >= 11 is 0. The topological polar surface area (TPSA) is 80.4 Å². The maximum atomic E-state index is 13.4. The van der Waals surface area contributed by atoms with Crippen LogP contribution in [-0.4, -0.2) is 22.0 Å². The van der Waals surface area contributed by atoms with Crippen molar-refractivity contribution in [1.82, 2.24) is 5.16 Å². The van der Waals surface area contributed by atoms with Crippen molar-refractivity contribution in [3.63, 3.8) is 0 Å². The quantitative estimate of drug-likeness (QED) is 0.324. The standard InChI is InChI=1S/C30H39NO4/c1-17(2)12-21-14-24(15-21)30-28(22-7-8-22)29(31-35-30)23(9-11-27(33)34)16-26(32)20(5)25-10-6-18(3)13-19(25)4/h6,10,13,17,21-24H,5,7-9,11-12,14-16H2,1-4H3,(H,33,34). The Labute approximate surface area is 209 Å². The maximum absolute atomic E-state index is 13.4. The molecule has 0 radical (unpaired) electrons. The first-order chi connectivity index (χ1) is 16.6. The first-order valence-electron chi connectivity index (χ1n) is 13.1. The zero-order chi connectivity index (χ0) is 25.3. The van der Waals surface area contributed by atoms with Gasteiger partial charge in [0.2, 0.25) is 0 Å². The molecule has 1 aromatic heterocycles. The molecule has 0 amide bonds. The number of nitrogens with zero attached hydrogens (tertiary/aromatic N) is 1. The highest BCUT2D eigenvalue weighted by atomic mass is 16.5. The fourth-order valence-corrected chi connectivity index (χ4v) is 5.79. The summed E-state index contributed by atoms with van der Waals surface area (Å²) in [4.78, 5) is 24.8. The number of hydrogen-bond acceptors (Lipinski definition) is 4. The van der Waals surface area contributed by atoms with Gasteiger partial charge in [0, 0.05) is 35.8 Å². The number of carbonyl (C=O) groups is 2. The molecule has 1 aromatic carbocycles. The highest BCUT2D eigenvalue weighted by molar-refractivity contribution is 6.20. The zero-order valence-electron chi connectivity index (χ0n) is 21.6. The highest BCUT2D eigenvalue weighted by Crippen LogP contribution is 2.53. The molecule has 0 bridgehead atoms. The second-order valence-electron chi connectivity index (χ2n) is 11.3. The van der Waals surface area contributed by atoms with Crippen molar-refractivity contribution in [3.05, 3.63) is 58.5 Å². The Morgan fingerprint density at radius 1 is 1.17 bits per heavy atom.